The third-order valence-corrected chi connectivity index (χ3v) is 6.35. The number of piperidine rings is 1. The van der Waals surface area contributed by atoms with Crippen molar-refractivity contribution in [1.82, 2.24) is 14.7 Å². The Balaban J connectivity index is 1.50. The van der Waals surface area contributed by atoms with Crippen LogP contribution in [0.15, 0.2) is 0 Å². The van der Waals surface area contributed by atoms with Gasteiger partial charge in [-0.05, 0) is 38.5 Å². The molecule has 0 radical (unpaired) electrons. The standard InChI is InChI=1S/C19H35N3O2/c1-16-14-20(10-11-21(16)12-13-24-2)15-19(23)22-9-5-7-17-6-3-4-8-18(17)22/h16-18H,3-15H2,1-2H3/t16-,17+,18-/m1/s1. The lowest BCUT2D eigenvalue weighted by Crippen LogP contribution is -2.57. The molecule has 2 heterocycles. The van der Waals surface area contributed by atoms with Gasteiger partial charge in [-0.15, -0.1) is 0 Å². The monoisotopic (exact) mass is 337 g/mol. The molecule has 5 heteroatoms. The first kappa shape index (κ1) is 18.2. The minimum atomic E-state index is 0.379. The lowest BCUT2D eigenvalue weighted by molar-refractivity contribution is -0.139. The predicted molar refractivity (Wildman–Crippen MR) is 96.0 cm³/mol. The van der Waals surface area contributed by atoms with Gasteiger partial charge in [0.25, 0.3) is 0 Å². The third kappa shape index (κ3) is 4.30. The number of carbonyl (C=O) groups is 1. The second-order valence-corrected chi connectivity index (χ2v) is 7.95. The van der Waals surface area contributed by atoms with E-state index in [4.69, 9.17) is 4.74 Å². The van der Waals surface area contributed by atoms with Crippen molar-refractivity contribution in [2.24, 2.45) is 5.92 Å². The molecule has 138 valence electrons. The molecule has 0 unspecified atom stereocenters. The Morgan fingerprint density at radius 2 is 1.88 bits per heavy atom. The quantitative estimate of drug-likeness (QED) is 0.767. The average molecular weight is 338 g/mol. The Hall–Kier alpha value is -0.650. The molecule has 0 aromatic rings. The van der Waals surface area contributed by atoms with Gasteiger partial charge in [-0.2, -0.15) is 0 Å². The van der Waals surface area contributed by atoms with E-state index in [0.29, 0.717) is 24.5 Å². The van der Waals surface area contributed by atoms with Crippen LogP contribution in [0.3, 0.4) is 0 Å². The maximum Gasteiger partial charge on any atom is 0.237 e. The molecule has 0 aromatic heterocycles. The Morgan fingerprint density at radius 1 is 1.08 bits per heavy atom. The van der Waals surface area contributed by atoms with Gasteiger partial charge < -0.3 is 9.64 Å². The molecule has 0 spiro atoms. The van der Waals surface area contributed by atoms with Crippen LogP contribution in [0.25, 0.3) is 0 Å². The summed E-state index contributed by atoms with van der Waals surface area (Å²) < 4.78 is 5.20. The van der Waals surface area contributed by atoms with Crippen molar-refractivity contribution >= 4 is 5.91 Å². The first-order valence-corrected chi connectivity index (χ1v) is 9.94. The minimum absolute atomic E-state index is 0.379. The van der Waals surface area contributed by atoms with Gasteiger partial charge in [0.15, 0.2) is 0 Å². The molecule has 3 atom stereocenters. The molecule has 0 N–H and O–H groups in total. The number of carbonyl (C=O) groups excluding carboxylic acids is 1. The van der Waals surface area contributed by atoms with Crippen LogP contribution in [-0.4, -0.2) is 85.7 Å². The molecule has 1 aliphatic carbocycles. The van der Waals surface area contributed by atoms with Crippen molar-refractivity contribution in [2.75, 3.05) is 53.0 Å². The van der Waals surface area contributed by atoms with Crippen LogP contribution in [-0.2, 0) is 9.53 Å². The third-order valence-electron chi connectivity index (χ3n) is 6.35. The van der Waals surface area contributed by atoms with Crippen molar-refractivity contribution in [1.29, 1.82) is 0 Å². The summed E-state index contributed by atoms with van der Waals surface area (Å²) >= 11 is 0. The highest BCUT2D eigenvalue weighted by molar-refractivity contribution is 5.78. The molecular formula is C19H35N3O2. The van der Waals surface area contributed by atoms with E-state index in [-0.39, 0.29) is 0 Å². The van der Waals surface area contributed by atoms with E-state index in [2.05, 4.69) is 21.6 Å². The zero-order valence-electron chi connectivity index (χ0n) is 15.6. The van der Waals surface area contributed by atoms with Gasteiger partial charge in [-0.3, -0.25) is 14.6 Å². The Labute approximate surface area is 147 Å². The van der Waals surface area contributed by atoms with Gasteiger partial charge in [-0.1, -0.05) is 12.8 Å². The SMILES string of the molecule is COCCN1CCN(CC(=O)N2CCC[C@@H]3CCCC[C@H]32)C[C@H]1C. The van der Waals surface area contributed by atoms with E-state index in [9.17, 15) is 4.79 Å². The molecular weight excluding hydrogens is 302 g/mol. The molecule has 1 amide bonds. The Bertz CT molecular complexity index is 415. The molecule has 3 rings (SSSR count). The van der Waals surface area contributed by atoms with Crippen LogP contribution in [0, 0.1) is 5.92 Å². The summed E-state index contributed by atoms with van der Waals surface area (Å²) in [6.45, 7) is 8.71. The van der Waals surface area contributed by atoms with Gasteiger partial charge in [0.05, 0.1) is 13.2 Å². The molecule has 2 aliphatic heterocycles. The van der Waals surface area contributed by atoms with Gasteiger partial charge in [-0.25, -0.2) is 0 Å². The van der Waals surface area contributed by atoms with E-state index >= 15 is 0 Å². The number of likely N-dealkylation sites (tertiary alicyclic amines) is 1. The molecule has 1 saturated carbocycles. The van der Waals surface area contributed by atoms with Crippen LogP contribution in [0.2, 0.25) is 0 Å². The number of amides is 1. The van der Waals surface area contributed by atoms with E-state index < -0.39 is 0 Å². The van der Waals surface area contributed by atoms with Gasteiger partial charge in [0.1, 0.15) is 0 Å². The van der Waals surface area contributed by atoms with Gasteiger partial charge in [0, 0.05) is 51.9 Å². The average Bonchev–Trinajstić information content (AvgIpc) is 2.60. The zero-order valence-corrected chi connectivity index (χ0v) is 15.6. The van der Waals surface area contributed by atoms with Crippen molar-refractivity contribution in [2.45, 2.75) is 57.5 Å². The summed E-state index contributed by atoms with van der Waals surface area (Å²) in [5.74, 6) is 1.16. The Morgan fingerprint density at radius 3 is 2.67 bits per heavy atom. The smallest absolute Gasteiger partial charge is 0.237 e. The molecule has 3 aliphatic rings. The van der Waals surface area contributed by atoms with E-state index in [0.717, 1.165) is 45.2 Å². The number of hydrogen-bond acceptors (Lipinski definition) is 4. The topological polar surface area (TPSA) is 36.0 Å². The van der Waals surface area contributed by atoms with Crippen molar-refractivity contribution in [3.8, 4) is 0 Å². The van der Waals surface area contributed by atoms with Crippen LogP contribution in [0.5, 0.6) is 0 Å². The summed E-state index contributed by atoms with van der Waals surface area (Å²) in [6.07, 6.45) is 7.78. The predicted octanol–water partition coefficient (Wildman–Crippen LogP) is 1.82. The molecule has 0 aromatic carbocycles. The Kier molecular flexibility index (Phi) is 6.53. The van der Waals surface area contributed by atoms with Gasteiger partial charge in [0.2, 0.25) is 5.91 Å². The highest BCUT2D eigenvalue weighted by Crippen LogP contribution is 2.35. The fraction of sp³-hybridized carbons (Fsp3) is 0.947. The largest absolute Gasteiger partial charge is 0.383 e. The highest BCUT2D eigenvalue weighted by Gasteiger charge is 2.36. The fourth-order valence-electron chi connectivity index (χ4n) is 4.97. The fourth-order valence-corrected chi connectivity index (χ4v) is 4.97. The lowest BCUT2D eigenvalue weighted by atomic mass is 9.78. The summed E-state index contributed by atoms with van der Waals surface area (Å²) in [4.78, 5) is 20.0. The summed E-state index contributed by atoms with van der Waals surface area (Å²) in [5, 5.41) is 0. The maximum absolute atomic E-state index is 12.9. The number of nitrogens with zero attached hydrogens (tertiary/aromatic N) is 3. The second-order valence-electron chi connectivity index (χ2n) is 7.95. The van der Waals surface area contributed by atoms with E-state index in [1.807, 2.05) is 0 Å². The molecule has 24 heavy (non-hydrogen) atoms. The molecule has 0 bridgehead atoms. The van der Waals surface area contributed by atoms with Crippen molar-refractivity contribution in [3.05, 3.63) is 0 Å². The van der Waals surface area contributed by atoms with Crippen molar-refractivity contribution < 1.29 is 9.53 Å². The minimum Gasteiger partial charge on any atom is -0.383 e. The normalized spacial score (nSPS) is 32.6. The van der Waals surface area contributed by atoms with Crippen LogP contribution in [0.4, 0.5) is 0 Å². The lowest BCUT2D eigenvalue weighted by Gasteiger charge is -2.45. The second kappa shape index (κ2) is 8.63. The number of rotatable bonds is 5. The van der Waals surface area contributed by atoms with Crippen LogP contribution >= 0.6 is 0 Å². The van der Waals surface area contributed by atoms with Crippen LogP contribution < -0.4 is 0 Å². The summed E-state index contributed by atoms with van der Waals surface area (Å²) in [7, 11) is 1.76. The van der Waals surface area contributed by atoms with E-state index in [1.165, 1.54) is 38.5 Å². The first-order chi connectivity index (χ1) is 11.7. The number of fused-ring (bicyclic) bond motifs is 1. The number of ether oxygens (including phenoxy) is 1. The maximum atomic E-state index is 12.9. The number of piperazine rings is 1. The highest BCUT2D eigenvalue weighted by atomic mass is 16.5. The molecule has 2 saturated heterocycles. The van der Waals surface area contributed by atoms with E-state index in [1.54, 1.807) is 7.11 Å². The van der Waals surface area contributed by atoms with Crippen molar-refractivity contribution in [3.63, 3.8) is 0 Å². The first-order valence-electron chi connectivity index (χ1n) is 9.94. The van der Waals surface area contributed by atoms with Gasteiger partial charge >= 0.3 is 0 Å². The summed E-state index contributed by atoms with van der Waals surface area (Å²) in [6, 6.07) is 1.05. The number of hydrogen-bond donors (Lipinski definition) is 0. The van der Waals surface area contributed by atoms with Crippen LogP contribution in [0.1, 0.15) is 45.4 Å². The molecule has 5 nitrogen and oxygen atoms in total. The number of methoxy groups -OCH3 is 1. The summed E-state index contributed by atoms with van der Waals surface area (Å²) in [5.41, 5.74) is 0. The molecule has 3 fully saturated rings. The zero-order chi connectivity index (χ0) is 16.9.